The first-order valence-corrected chi connectivity index (χ1v) is 15.9. The van der Waals surface area contributed by atoms with E-state index in [1.807, 2.05) is 52.0 Å². The fraction of sp³-hybridized carbons (Fsp3) is 0.515. The van der Waals surface area contributed by atoms with E-state index in [2.05, 4.69) is 10.6 Å². The molecule has 246 valence electrons. The van der Waals surface area contributed by atoms with Crippen LogP contribution in [0, 0.1) is 12.3 Å². The van der Waals surface area contributed by atoms with E-state index < -0.39 is 23.1 Å². The lowest BCUT2D eigenvalue weighted by Crippen LogP contribution is -2.60. The molecule has 1 aliphatic rings. The molecule has 0 aromatic heterocycles. The number of carbonyl (C=O) groups is 4. The number of urea groups is 1. The van der Waals surface area contributed by atoms with Crippen molar-refractivity contribution in [3.8, 4) is 0 Å². The number of benzene rings is 2. The van der Waals surface area contributed by atoms with Gasteiger partial charge in [-0.3, -0.25) is 14.5 Å². The highest BCUT2D eigenvalue weighted by Crippen LogP contribution is 2.37. The number of aliphatic carboxylic acids is 1. The van der Waals surface area contributed by atoms with Gasteiger partial charge in [-0.15, -0.1) is 0 Å². The van der Waals surface area contributed by atoms with Crippen molar-refractivity contribution in [1.29, 1.82) is 0 Å². The normalized spacial score (nSPS) is 16.8. The fourth-order valence-corrected chi connectivity index (χ4v) is 5.82. The summed E-state index contributed by atoms with van der Waals surface area (Å²) >= 11 is 12.5. The Kier molecular flexibility index (Phi) is 12.9. The third kappa shape index (κ3) is 11.7. The smallest absolute Gasteiger partial charge is 0.407 e. The van der Waals surface area contributed by atoms with Crippen molar-refractivity contribution in [2.24, 2.45) is 5.41 Å². The van der Waals surface area contributed by atoms with Gasteiger partial charge < -0.3 is 25.4 Å². The van der Waals surface area contributed by atoms with Crippen molar-refractivity contribution in [2.75, 3.05) is 31.1 Å². The standard InChI is InChI=1S/C33H44Cl2N4O6/c1-23-9-13-26(14-10-23)39-22-33(19-29(41)42,21-38(31(39)44)20-24-11-12-25(34)17-27(24)35)18-28(40)36-15-7-5-6-8-16-37-30(43)45-32(2,3)4/h9-14,17H,5-8,15-16,18-22H2,1-4H3,(H,36,40)(H,37,43)(H,41,42). The minimum Gasteiger partial charge on any atom is -0.481 e. The van der Waals surface area contributed by atoms with Crippen molar-refractivity contribution in [1.82, 2.24) is 15.5 Å². The van der Waals surface area contributed by atoms with Gasteiger partial charge in [0.1, 0.15) is 5.60 Å². The van der Waals surface area contributed by atoms with E-state index >= 15 is 0 Å². The van der Waals surface area contributed by atoms with E-state index in [-0.39, 0.29) is 44.4 Å². The second-order valence-corrected chi connectivity index (χ2v) is 13.6. The number of nitrogens with zero attached hydrogens (tertiary/aromatic N) is 2. The summed E-state index contributed by atoms with van der Waals surface area (Å²) in [5.74, 6) is -1.32. The number of nitrogens with one attached hydrogen (secondary N) is 2. The first kappa shape index (κ1) is 36.0. The number of anilines is 1. The number of unbranched alkanes of at least 4 members (excludes halogenated alkanes) is 3. The topological polar surface area (TPSA) is 128 Å². The Hall–Kier alpha value is -3.50. The number of hydrogen-bond donors (Lipinski definition) is 3. The summed E-state index contributed by atoms with van der Waals surface area (Å²) in [6, 6.07) is 12.1. The zero-order valence-electron chi connectivity index (χ0n) is 26.5. The van der Waals surface area contributed by atoms with Crippen LogP contribution in [0.2, 0.25) is 10.0 Å². The molecule has 0 radical (unpaired) electrons. The van der Waals surface area contributed by atoms with E-state index in [9.17, 15) is 24.3 Å². The minimum absolute atomic E-state index is 0.0670. The molecule has 1 fully saturated rings. The fourth-order valence-electron chi connectivity index (χ4n) is 5.35. The monoisotopic (exact) mass is 662 g/mol. The average Bonchev–Trinajstić information content (AvgIpc) is 2.92. The molecule has 2 aromatic rings. The molecule has 1 heterocycles. The Morgan fingerprint density at radius 2 is 1.58 bits per heavy atom. The number of carboxylic acids is 1. The molecule has 2 aromatic carbocycles. The molecule has 3 rings (SSSR count). The molecule has 1 atom stereocenters. The zero-order chi connectivity index (χ0) is 33.2. The van der Waals surface area contributed by atoms with Crippen LogP contribution in [0.25, 0.3) is 0 Å². The molecule has 0 spiro atoms. The van der Waals surface area contributed by atoms with Crippen LogP contribution in [-0.2, 0) is 20.9 Å². The van der Waals surface area contributed by atoms with Crippen molar-refractivity contribution < 1.29 is 29.0 Å². The lowest BCUT2D eigenvalue weighted by atomic mass is 9.78. The Bertz CT molecular complexity index is 1350. The van der Waals surface area contributed by atoms with Crippen LogP contribution in [0.3, 0.4) is 0 Å². The van der Waals surface area contributed by atoms with Gasteiger partial charge >= 0.3 is 18.1 Å². The molecule has 1 aliphatic heterocycles. The molecule has 1 unspecified atom stereocenters. The van der Waals surface area contributed by atoms with Crippen molar-refractivity contribution >= 4 is 52.9 Å². The molecule has 0 aliphatic carbocycles. The van der Waals surface area contributed by atoms with Gasteiger partial charge in [-0.25, -0.2) is 9.59 Å². The largest absolute Gasteiger partial charge is 0.481 e. The highest BCUT2D eigenvalue weighted by atomic mass is 35.5. The summed E-state index contributed by atoms with van der Waals surface area (Å²) < 4.78 is 5.22. The number of rotatable bonds is 14. The molecular weight excluding hydrogens is 619 g/mol. The second kappa shape index (κ2) is 16.2. The van der Waals surface area contributed by atoms with Crippen LogP contribution < -0.4 is 15.5 Å². The van der Waals surface area contributed by atoms with E-state index in [0.29, 0.717) is 34.4 Å². The van der Waals surface area contributed by atoms with Crippen LogP contribution >= 0.6 is 23.2 Å². The van der Waals surface area contributed by atoms with Gasteiger partial charge in [0, 0.05) is 60.3 Å². The Labute approximate surface area is 275 Å². The van der Waals surface area contributed by atoms with E-state index in [0.717, 1.165) is 31.2 Å². The zero-order valence-corrected chi connectivity index (χ0v) is 28.0. The van der Waals surface area contributed by atoms with Gasteiger partial charge in [-0.2, -0.15) is 0 Å². The van der Waals surface area contributed by atoms with Gasteiger partial charge in [0.05, 0.1) is 6.42 Å². The molecule has 0 bridgehead atoms. The summed E-state index contributed by atoms with van der Waals surface area (Å²) in [4.78, 5) is 54.0. The molecule has 10 nitrogen and oxygen atoms in total. The highest BCUT2D eigenvalue weighted by Gasteiger charge is 2.46. The van der Waals surface area contributed by atoms with Crippen molar-refractivity contribution in [2.45, 2.75) is 78.4 Å². The van der Waals surface area contributed by atoms with Gasteiger partial charge in [0.15, 0.2) is 0 Å². The van der Waals surface area contributed by atoms with Gasteiger partial charge in [-0.05, 0) is 70.4 Å². The lowest BCUT2D eigenvalue weighted by Gasteiger charge is -2.47. The summed E-state index contributed by atoms with van der Waals surface area (Å²) in [6.07, 6.45) is 2.42. The first-order valence-electron chi connectivity index (χ1n) is 15.2. The number of alkyl carbamates (subject to hydrolysis) is 1. The summed E-state index contributed by atoms with van der Waals surface area (Å²) in [7, 11) is 0. The molecule has 0 saturated carbocycles. The molecule has 4 amide bonds. The average molecular weight is 664 g/mol. The van der Waals surface area contributed by atoms with Gasteiger partial charge in [-0.1, -0.05) is 59.8 Å². The quantitative estimate of drug-likeness (QED) is 0.191. The molecule has 1 saturated heterocycles. The number of amides is 4. The third-order valence-electron chi connectivity index (χ3n) is 7.40. The van der Waals surface area contributed by atoms with E-state index in [1.54, 1.807) is 28.0 Å². The molecular formula is C33H44Cl2N4O6. The Morgan fingerprint density at radius 3 is 2.18 bits per heavy atom. The first-order chi connectivity index (χ1) is 21.2. The third-order valence-corrected chi connectivity index (χ3v) is 7.99. The molecule has 45 heavy (non-hydrogen) atoms. The Morgan fingerprint density at radius 1 is 0.933 bits per heavy atom. The summed E-state index contributed by atoms with van der Waals surface area (Å²) in [5, 5.41) is 16.5. The Balaban J connectivity index is 1.65. The minimum atomic E-state index is -1.05. The maximum Gasteiger partial charge on any atom is 0.407 e. The SMILES string of the molecule is Cc1ccc(N2CC(CC(=O)O)(CC(=O)NCCCCCCNC(=O)OC(C)(C)C)CN(Cc3ccc(Cl)cc3Cl)C2=O)cc1. The highest BCUT2D eigenvalue weighted by molar-refractivity contribution is 6.35. The summed E-state index contributed by atoms with van der Waals surface area (Å²) in [6.45, 7) is 8.59. The number of ether oxygens (including phenoxy) is 1. The van der Waals surface area contributed by atoms with Crippen molar-refractivity contribution in [3.63, 3.8) is 0 Å². The van der Waals surface area contributed by atoms with Crippen LogP contribution in [0.4, 0.5) is 15.3 Å². The second-order valence-electron chi connectivity index (χ2n) is 12.7. The maximum atomic E-state index is 13.8. The number of carbonyl (C=O) groups excluding carboxylic acids is 3. The van der Waals surface area contributed by atoms with Gasteiger partial charge in [0.25, 0.3) is 0 Å². The van der Waals surface area contributed by atoms with Crippen LogP contribution in [-0.4, -0.2) is 65.8 Å². The molecule has 12 heteroatoms. The lowest BCUT2D eigenvalue weighted by molar-refractivity contribution is -0.140. The van der Waals surface area contributed by atoms with Crippen LogP contribution in [0.15, 0.2) is 42.5 Å². The number of hydrogen-bond acceptors (Lipinski definition) is 5. The van der Waals surface area contributed by atoms with Gasteiger partial charge in [0.2, 0.25) is 5.91 Å². The van der Waals surface area contributed by atoms with Crippen LogP contribution in [0.1, 0.15) is 70.4 Å². The number of halogens is 2. The maximum absolute atomic E-state index is 13.8. The molecule has 3 N–H and O–H groups in total. The van der Waals surface area contributed by atoms with E-state index in [4.69, 9.17) is 27.9 Å². The van der Waals surface area contributed by atoms with E-state index in [1.165, 1.54) is 0 Å². The summed E-state index contributed by atoms with van der Waals surface area (Å²) in [5.41, 5.74) is 0.702. The predicted octanol–water partition coefficient (Wildman–Crippen LogP) is 6.80. The van der Waals surface area contributed by atoms with Crippen molar-refractivity contribution in [3.05, 3.63) is 63.6 Å². The number of carboxylic acid groups (broad SMARTS) is 1. The predicted molar refractivity (Wildman–Crippen MR) is 176 cm³/mol. The number of aryl methyl sites for hydroxylation is 1. The van der Waals surface area contributed by atoms with Crippen LogP contribution in [0.5, 0.6) is 0 Å².